The second-order valence-electron chi connectivity index (χ2n) is 5.64. The molecule has 0 spiro atoms. The van der Waals surface area contributed by atoms with E-state index in [1.54, 1.807) is 0 Å². The molecule has 106 valence electrons. The fourth-order valence-corrected chi connectivity index (χ4v) is 3.26. The van der Waals surface area contributed by atoms with Gasteiger partial charge in [-0.25, -0.2) is 0 Å². The lowest BCUT2D eigenvalue weighted by Gasteiger charge is -2.29. The molecule has 2 amide bonds. The topological polar surface area (TPSA) is 49.4 Å². The van der Waals surface area contributed by atoms with E-state index in [9.17, 15) is 9.59 Å². The van der Waals surface area contributed by atoms with E-state index >= 15 is 0 Å². The first kappa shape index (κ1) is 13.2. The molecule has 3 rings (SSSR count). The number of rotatable bonds is 2. The number of nitrogens with zero attached hydrogens (tertiary/aromatic N) is 1. The van der Waals surface area contributed by atoms with Crippen LogP contribution in [0.3, 0.4) is 0 Å². The Kier molecular flexibility index (Phi) is 3.47. The van der Waals surface area contributed by atoms with Gasteiger partial charge in [0, 0.05) is 19.0 Å². The SMILES string of the molecule is CCC1NC(=O)CCN(C2Cc3ccccc3C2)C1=O. The molecule has 1 atom stereocenters. The first-order chi connectivity index (χ1) is 9.69. The van der Waals surface area contributed by atoms with Crippen LogP contribution in [0.25, 0.3) is 0 Å². The summed E-state index contributed by atoms with van der Waals surface area (Å²) in [4.78, 5) is 26.2. The quantitative estimate of drug-likeness (QED) is 0.881. The molecule has 1 fully saturated rings. The summed E-state index contributed by atoms with van der Waals surface area (Å²) in [6.45, 7) is 2.48. The van der Waals surface area contributed by atoms with Gasteiger partial charge in [-0.05, 0) is 30.4 Å². The van der Waals surface area contributed by atoms with Crippen LogP contribution in [0.2, 0.25) is 0 Å². The molecule has 1 saturated heterocycles. The van der Waals surface area contributed by atoms with E-state index in [2.05, 4.69) is 17.4 Å². The summed E-state index contributed by atoms with van der Waals surface area (Å²) in [6, 6.07) is 8.23. The number of hydrogen-bond donors (Lipinski definition) is 1. The van der Waals surface area contributed by atoms with E-state index < -0.39 is 0 Å². The standard InChI is InChI=1S/C16H20N2O2/c1-2-14-16(20)18(8-7-15(19)17-14)13-9-11-5-3-4-6-12(11)10-13/h3-6,13-14H,2,7-10H2,1H3,(H,17,19). The second-order valence-corrected chi connectivity index (χ2v) is 5.64. The van der Waals surface area contributed by atoms with E-state index in [1.165, 1.54) is 11.1 Å². The third kappa shape index (κ3) is 2.30. The van der Waals surface area contributed by atoms with Crippen LogP contribution in [-0.4, -0.2) is 35.3 Å². The highest BCUT2D eigenvalue weighted by atomic mass is 16.2. The predicted molar refractivity (Wildman–Crippen MR) is 76.2 cm³/mol. The third-order valence-electron chi connectivity index (χ3n) is 4.37. The maximum atomic E-state index is 12.6. The van der Waals surface area contributed by atoms with E-state index in [-0.39, 0.29) is 23.9 Å². The van der Waals surface area contributed by atoms with Crippen LogP contribution < -0.4 is 5.32 Å². The van der Waals surface area contributed by atoms with Crippen LogP contribution in [0.1, 0.15) is 30.9 Å². The highest BCUT2D eigenvalue weighted by Gasteiger charge is 2.35. The summed E-state index contributed by atoms with van der Waals surface area (Å²) in [5.41, 5.74) is 2.67. The minimum absolute atomic E-state index is 0.0109. The zero-order valence-corrected chi connectivity index (χ0v) is 11.8. The normalized spacial score (nSPS) is 23.4. The van der Waals surface area contributed by atoms with Crippen molar-refractivity contribution in [1.82, 2.24) is 10.2 Å². The van der Waals surface area contributed by atoms with E-state index in [4.69, 9.17) is 0 Å². The molecule has 20 heavy (non-hydrogen) atoms. The lowest BCUT2D eigenvalue weighted by molar-refractivity contribution is -0.135. The van der Waals surface area contributed by atoms with Crippen LogP contribution >= 0.6 is 0 Å². The van der Waals surface area contributed by atoms with Gasteiger partial charge in [0.15, 0.2) is 0 Å². The van der Waals surface area contributed by atoms with Gasteiger partial charge in [0.1, 0.15) is 6.04 Å². The molecule has 0 aromatic heterocycles. The van der Waals surface area contributed by atoms with Crippen LogP contribution in [-0.2, 0) is 22.4 Å². The number of carbonyl (C=O) groups excluding carboxylic acids is 2. The highest BCUT2D eigenvalue weighted by Crippen LogP contribution is 2.26. The maximum absolute atomic E-state index is 12.6. The molecule has 1 heterocycles. The van der Waals surface area contributed by atoms with Crippen molar-refractivity contribution in [3.8, 4) is 0 Å². The molecule has 4 nitrogen and oxygen atoms in total. The molecule has 0 radical (unpaired) electrons. The minimum atomic E-state index is -0.353. The van der Waals surface area contributed by atoms with Gasteiger partial charge >= 0.3 is 0 Å². The van der Waals surface area contributed by atoms with Gasteiger partial charge in [0.05, 0.1) is 0 Å². The summed E-state index contributed by atoms with van der Waals surface area (Å²) in [7, 11) is 0. The molecule has 2 aliphatic rings. The summed E-state index contributed by atoms with van der Waals surface area (Å²) in [5.74, 6) is 0.0689. The molecular formula is C16H20N2O2. The van der Waals surface area contributed by atoms with Crippen molar-refractivity contribution in [2.45, 2.75) is 44.7 Å². The molecule has 1 unspecified atom stereocenters. The fourth-order valence-electron chi connectivity index (χ4n) is 3.26. The Morgan fingerprint density at radius 1 is 1.20 bits per heavy atom. The van der Waals surface area contributed by atoms with Crippen molar-refractivity contribution in [1.29, 1.82) is 0 Å². The molecule has 1 aromatic rings. The van der Waals surface area contributed by atoms with Crippen LogP contribution in [0.4, 0.5) is 0 Å². The Balaban J connectivity index is 1.80. The summed E-state index contributed by atoms with van der Waals surface area (Å²) < 4.78 is 0. The van der Waals surface area contributed by atoms with Crippen molar-refractivity contribution in [3.63, 3.8) is 0 Å². The van der Waals surface area contributed by atoms with Gasteiger partial charge in [-0.15, -0.1) is 0 Å². The first-order valence-corrected chi connectivity index (χ1v) is 7.35. The largest absolute Gasteiger partial charge is 0.344 e. The maximum Gasteiger partial charge on any atom is 0.245 e. The molecule has 0 saturated carbocycles. The monoisotopic (exact) mass is 272 g/mol. The minimum Gasteiger partial charge on any atom is -0.344 e. The Morgan fingerprint density at radius 2 is 1.85 bits per heavy atom. The number of fused-ring (bicyclic) bond motifs is 1. The van der Waals surface area contributed by atoms with Crippen LogP contribution in [0, 0.1) is 0 Å². The smallest absolute Gasteiger partial charge is 0.245 e. The van der Waals surface area contributed by atoms with E-state index in [1.807, 2.05) is 24.0 Å². The predicted octanol–water partition coefficient (Wildman–Crippen LogP) is 1.28. The number of nitrogens with one attached hydrogen (secondary N) is 1. The van der Waals surface area contributed by atoms with E-state index in [0.29, 0.717) is 19.4 Å². The zero-order chi connectivity index (χ0) is 14.1. The number of amides is 2. The van der Waals surface area contributed by atoms with Crippen molar-refractivity contribution in [2.75, 3.05) is 6.54 Å². The molecule has 1 aromatic carbocycles. The van der Waals surface area contributed by atoms with Gasteiger partial charge in [0.2, 0.25) is 11.8 Å². The Bertz CT molecular complexity index is 516. The number of hydrogen-bond acceptors (Lipinski definition) is 2. The molecule has 4 heteroatoms. The summed E-state index contributed by atoms with van der Waals surface area (Å²) in [5, 5.41) is 2.82. The molecule has 1 N–H and O–H groups in total. The van der Waals surface area contributed by atoms with Gasteiger partial charge < -0.3 is 10.2 Å². The van der Waals surface area contributed by atoms with Crippen molar-refractivity contribution < 1.29 is 9.59 Å². The van der Waals surface area contributed by atoms with Gasteiger partial charge in [-0.2, -0.15) is 0 Å². The molecule has 0 bridgehead atoms. The number of carbonyl (C=O) groups is 2. The van der Waals surface area contributed by atoms with Gasteiger partial charge in [0.25, 0.3) is 0 Å². The highest BCUT2D eigenvalue weighted by molar-refractivity contribution is 5.90. The Morgan fingerprint density at radius 3 is 2.45 bits per heavy atom. The van der Waals surface area contributed by atoms with Crippen LogP contribution in [0.15, 0.2) is 24.3 Å². The Labute approximate surface area is 119 Å². The van der Waals surface area contributed by atoms with Crippen LogP contribution in [0.5, 0.6) is 0 Å². The van der Waals surface area contributed by atoms with Crippen molar-refractivity contribution >= 4 is 11.8 Å². The Hall–Kier alpha value is -1.84. The number of benzene rings is 1. The molecule has 1 aliphatic carbocycles. The third-order valence-corrected chi connectivity index (χ3v) is 4.37. The average Bonchev–Trinajstić information content (AvgIpc) is 2.81. The van der Waals surface area contributed by atoms with Crippen molar-refractivity contribution in [2.24, 2.45) is 0 Å². The zero-order valence-electron chi connectivity index (χ0n) is 11.8. The second kappa shape index (κ2) is 5.27. The molecular weight excluding hydrogens is 252 g/mol. The van der Waals surface area contributed by atoms with Gasteiger partial charge in [-0.3, -0.25) is 9.59 Å². The summed E-state index contributed by atoms with van der Waals surface area (Å²) in [6.07, 6.45) is 2.88. The van der Waals surface area contributed by atoms with Crippen molar-refractivity contribution in [3.05, 3.63) is 35.4 Å². The summed E-state index contributed by atoms with van der Waals surface area (Å²) >= 11 is 0. The fraction of sp³-hybridized carbons (Fsp3) is 0.500. The molecule has 1 aliphatic heterocycles. The van der Waals surface area contributed by atoms with E-state index in [0.717, 1.165) is 12.8 Å². The van der Waals surface area contributed by atoms with Gasteiger partial charge in [-0.1, -0.05) is 31.2 Å². The lowest BCUT2D eigenvalue weighted by Crippen LogP contribution is -2.48. The average molecular weight is 272 g/mol. The lowest BCUT2D eigenvalue weighted by atomic mass is 10.1. The first-order valence-electron chi connectivity index (χ1n) is 7.35.